The Morgan fingerprint density at radius 3 is 1.00 bits per heavy atom. The van der Waals surface area contributed by atoms with Crippen LogP contribution in [0.25, 0.3) is 0 Å². The largest absolute Gasteiger partial charge is 0.463 e. The summed E-state index contributed by atoms with van der Waals surface area (Å²) in [6.45, 7) is 9.32. The third-order valence-corrected chi connectivity index (χ3v) is 11.4. The first kappa shape index (κ1) is 48.9. The van der Waals surface area contributed by atoms with Crippen molar-refractivity contribution in [1.82, 2.24) is 0 Å². The lowest BCUT2D eigenvalue weighted by molar-refractivity contribution is -0.142. The maximum absolute atomic E-state index is 12.9. The molecular formula is C48H74O10. The molecule has 0 N–H and O–H groups in total. The number of carbonyl (C=O) groups excluding carboxylic acids is 4. The molecule has 0 unspecified atom stereocenters. The zero-order valence-corrected chi connectivity index (χ0v) is 35.5. The van der Waals surface area contributed by atoms with Gasteiger partial charge < -0.3 is 28.4 Å². The molecule has 2 aliphatic carbocycles. The van der Waals surface area contributed by atoms with Gasteiger partial charge in [0.15, 0.2) is 0 Å². The number of carbonyl (C=O) groups is 4. The molecule has 0 radical (unpaired) electrons. The minimum Gasteiger partial charge on any atom is -0.463 e. The molecule has 1 aromatic carbocycles. The molecule has 58 heavy (non-hydrogen) atoms. The van der Waals surface area contributed by atoms with Crippen LogP contribution in [0.2, 0.25) is 0 Å². The summed E-state index contributed by atoms with van der Waals surface area (Å²) in [4.78, 5) is 47.8. The topological polar surface area (TPSA) is 124 Å². The quantitative estimate of drug-likeness (QED) is 0.0301. The van der Waals surface area contributed by atoms with Crippen LogP contribution in [0.1, 0.15) is 167 Å². The molecule has 326 valence electrons. The van der Waals surface area contributed by atoms with E-state index in [4.69, 9.17) is 28.4 Å². The van der Waals surface area contributed by atoms with Crippen molar-refractivity contribution in [1.29, 1.82) is 0 Å². The van der Waals surface area contributed by atoms with Gasteiger partial charge in [0.05, 0.1) is 37.3 Å². The number of ether oxygens (including phenoxy) is 6. The van der Waals surface area contributed by atoms with Gasteiger partial charge in [0.25, 0.3) is 0 Å². The molecule has 1 aromatic rings. The summed E-state index contributed by atoms with van der Waals surface area (Å²) >= 11 is 0. The summed E-state index contributed by atoms with van der Waals surface area (Å²) < 4.78 is 33.6. The van der Waals surface area contributed by atoms with E-state index in [1.165, 1.54) is 89.2 Å². The summed E-state index contributed by atoms with van der Waals surface area (Å²) in [7, 11) is 0. The van der Waals surface area contributed by atoms with E-state index in [0.29, 0.717) is 24.7 Å². The summed E-state index contributed by atoms with van der Waals surface area (Å²) in [6.07, 6.45) is 30.2. The third kappa shape index (κ3) is 22.6. The predicted molar refractivity (Wildman–Crippen MR) is 227 cm³/mol. The van der Waals surface area contributed by atoms with Crippen LogP contribution in [0.15, 0.2) is 49.6 Å². The molecule has 0 saturated heterocycles. The van der Waals surface area contributed by atoms with Crippen LogP contribution in [-0.2, 0) is 38.1 Å². The number of benzene rings is 1. The lowest BCUT2D eigenvalue weighted by Gasteiger charge is -2.27. The highest BCUT2D eigenvalue weighted by Crippen LogP contribution is 2.30. The van der Waals surface area contributed by atoms with Gasteiger partial charge in [-0.05, 0) is 101 Å². The van der Waals surface area contributed by atoms with Gasteiger partial charge in [0.1, 0.15) is 11.5 Å². The number of rotatable bonds is 32. The Hall–Kier alpha value is -3.50. The predicted octanol–water partition coefficient (Wildman–Crippen LogP) is 11.1. The van der Waals surface area contributed by atoms with Crippen LogP contribution in [0.3, 0.4) is 0 Å². The first-order chi connectivity index (χ1) is 28.4. The smallest absolute Gasteiger partial charge is 0.330 e. The van der Waals surface area contributed by atoms with Gasteiger partial charge in [-0.1, -0.05) is 103 Å². The molecule has 0 amide bonds. The fourth-order valence-corrected chi connectivity index (χ4v) is 7.75. The van der Waals surface area contributed by atoms with E-state index in [2.05, 4.69) is 13.2 Å². The van der Waals surface area contributed by atoms with Gasteiger partial charge in [-0.25, -0.2) is 9.59 Å². The summed E-state index contributed by atoms with van der Waals surface area (Å²) in [5, 5.41) is 0. The van der Waals surface area contributed by atoms with Crippen molar-refractivity contribution >= 4 is 23.9 Å². The van der Waals surface area contributed by atoms with Crippen molar-refractivity contribution in [3.05, 3.63) is 49.6 Å². The fourth-order valence-electron chi connectivity index (χ4n) is 7.75. The second kappa shape index (κ2) is 31.4. The average molecular weight is 811 g/mol. The van der Waals surface area contributed by atoms with E-state index in [0.717, 1.165) is 103 Å². The van der Waals surface area contributed by atoms with Crippen LogP contribution in [0.4, 0.5) is 0 Å². The van der Waals surface area contributed by atoms with Crippen LogP contribution in [-0.4, -0.2) is 62.5 Å². The Balaban J connectivity index is 1.13. The average Bonchev–Trinajstić information content (AvgIpc) is 3.24. The van der Waals surface area contributed by atoms with Crippen molar-refractivity contribution in [3.63, 3.8) is 0 Å². The van der Waals surface area contributed by atoms with Gasteiger partial charge in [0, 0.05) is 25.4 Å². The van der Waals surface area contributed by atoms with Crippen molar-refractivity contribution in [3.8, 4) is 11.5 Å². The highest BCUT2D eigenvalue weighted by atomic mass is 16.5. The molecule has 0 atom stereocenters. The minimum atomic E-state index is -0.342. The molecule has 2 saturated carbocycles. The fraction of sp³-hybridized carbons (Fsp3) is 0.708. The second-order valence-corrected chi connectivity index (χ2v) is 16.1. The Morgan fingerprint density at radius 1 is 0.431 bits per heavy atom. The lowest BCUT2D eigenvalue weighted by atomic mass is 9.87. The third-order valence-electron chi connectivity index (χ3n) is 11.4. The first-order valence-electron chi connectivity index (χ1n) is 22.7. The summed E-state index contributed by atoms with van der Waals surface area (Å²) in [6, 6.07) is 6.78. The number of esters is 4. The second-order valence-electron chi connectivity index (χ2n) is 16.1. The molecule has 2 aliphatic rings. The van der Waals surface area contributed by atoms with Crippen LogP contribution < -0.4 is 9.47 Å². The van der Waals surface area contributed by atoms with Gasteiger partial charge in [0.2, 0.25) is 0 Å². The molecule has 10 heteroatoms. The summed E-state index contributed by atoms with van der Waals surface area (Å²) in [5.74, 6) is -0.418. The lowest BCUT2D eigenvalue weighted by Crippen LogP contribution is -2.29. The van der Waals surface area contributed by atoms with Gasteiger partial charge in [-0.3, -0.25) is 9.59 Å². The maximum Gasteiger partial charge on any atom is 0.330 e. The van der Waals surface area contributed by atoms with Crippen molar-refractivity contribution in [2.75, 3.05) is 26.4 Å². The highest BCUT2D eigenvalue weighted by Gasteiger charge is 2.29. The normalized spacial score (nSPS) is 19.2. The zero-order valence-electron chi connectivity index (χ0n) is 35.5. The molecule has 2 fully saturated rings. The number of hydrogen-bond acceptors (Lipinski definition) is 10. The van der Waals surface area contributed by atoms with Crippen LogP contribution >= 0.6 is 0 Å². The molecular weight excluding hydrogens is 737 g/mol. The van der Waals surface area contributed by atoms with Crippen LogP contribution in [0, 0.1) is 11.8 Å². The standard InChI is InChI=1S/C48H74O10/c1-3-45(49)55-37-21-17-13-9-5-7-11-15-19-35-53-41-27-23-39(24-28-41)47(51)57-43-31-33-44(34-32-43)58-48(52)40-25-29-42(30-26-40)54-36-20-16-12-8-6-10-14-18-22-38-56-46(50)4-2/h3-4,31-34,39-42H,1-2,5-30,35-38H2. The van der Waals surface area contributed by atoms with Crippen molar-refractivity contribution in [2.24, 2.45) is 11.8 Å². The molecule has 3 rings (SSSR count). The molecule has 0 aliphatic heterocycles. The van der Waals surface area contributed by atoms with E-state index in [9.17, 15) is 19.2 Å². The Bertz CT molecular complexity index is 1190. The van der Waals surface area contributed by atoms with E-state index >= 15 is 0 Å². The monoisotopic (exact) mass is 811 g/mol. The molecule has 0 heterocycles. The van der Waals surface area contributed by atoms with Gasteiger partial charge in [-0.2, -0.15) is 0 Å². The van der Waals surface area contributed by atoms with Crippen molar-refractivity contribution in [2.45, 2.75) is 179 Å². The number of unbranched alkanes of at least 4 members (excludes halogenated alkanes) is 16. The molecule has 0 aromatic heterocycles. The van der Waals surface area contributed by atoms with E-state index in [1.54, 1.807) is 24.3 Å². The molecule has 0 bridgehead atoms. The van der Waals surface area contributed by atoms with Crippen LogP contribution in [0.5, 0.6) is 11.5 Å². The minimum absolute atomic E-state index is 0.125. The summed E-state index contributed by atoms with van der Waals surface area (Å²) in [5.41, 5.74) is 0. The van der Waals surface area contributed by atoms with Crippen molar-refractivity contribution < 1.29 is 47.6 Å². The van der Waals surface area contributed by atoms with Gasteiger partial charge >= 0.3 is 23.9 Å². The van der Waals surface area contributed by atoms with E-state index < -0.39 is 0 Å². The Morgan fingerprint density at radius 2 is 0.707 bits per heavy atom. The Labute approximate surface area is 349 Å². The SMILES string of the molecule is C=CC(=O)OCCCCCCCCCCCOC1CCC(C(=O)Oc2ccc(OC(=O)C3CCC(OCCCCCCCCCCCOC(=O)C=C)CC3)cc2)CC1. The Kier molecular flexibility index (Phi) is 26.5. The number of hydrogen-bond donors (Lipinski definition) is 0. The van der Waals surface area contributed by atoms with E-state index in [-0.39, 0.29) is 47.9 Å². The zero-order chi connectivity index (χ0) is 41.5. The molecule has 10 nitrogen and oxygen atoms in total. The highest BCUT2D eigenvalue weighted by molar-refractivity contribution is 5.81. The van der Waals surface area contributed by atoms with E-state index in [1.807, 2.05) is 0 Å². The van der Waals surface area contributed by atoms with Gasteiger partial charge in [-0.15, -0.1) is 0 Å². The maximum atomic E-state index is 12.9. The first-order valence-corrected chi connectivity index (χ1v) is 22.7. The molecule has 0 spiro atoms.